The number of rotatable bonds is 5. The summed E-state index contributed by atoms with van der Waals surface area (Å²) in [6.07, 6.45) is 0.596. The first-order valence-electron chi connectivity index (χ1n) is 6.52. The number of hydrogen-bond donors (Lipinski definition) is 4. The van der Waals surface area contributed by atoms with Gasteiger partial charge in [-0.25, -0.2) is 4.79 Å². The van der Waals surface area contributed by atoms with Gasteiger partial charge in [-0.05, 0) is 25.0 Å². The maximum Gasteiger partial charge on any atom is 0.404 e. The van der Waals surface area contributed by atoms with E-state index in [1.54, 1.807) is 6.07 Å². The third-order valence-electron chi connectivity index (χ3n) is 3.15. The maximum atomic E-state index is 11.2. The van der Waals surface area contributed by atoms with Crippen LogP contribution in [0.4, 0.5) is 16.2 Å². The van der Waals surface area contributed by atoms with Crippen molar-refractivity contribution in [3.63, 3.8) is 0 Å². The summed E-state index contributed by atoms with van der Waals surface area (Å²) < 4.78 is 10.3. The van der Waals surface area contributed by atoms with Crippen molar-refractivity contribution in [1.29, 1.82) is 0 Å². The van der Waals surface area contributed by atoms with Crippen LogP contribution in [0.3, 0.4) is 0 Å². The summed E-state index contributed by atoms with van der Waals surface area (Å²) in [5.74, 6) is -0.0488. The lowest BCUT2D eigenvalue weighted by Gasteiger charge is -2.28. The van der Waals surface area contributed by atoms with E-state index in [9.17, 15) is 9.59 Å². The molecule has 1 aliphatic heterocycles. The number of nitrogens with two attached hydrogens (primary N) is 3. The average molecular weight is 294 g/mol. The molecule has 0 aromatic heterocycles. The van der Waals surface area contributed by atoms with Gasteiger partial charge in [-0.15, -0.1) is 0 Å². The Morgan fingerprint density at radius 2 is 2.14 bits per heavy atom. The molecule has 2 rings (SSSR count). The van der Waals surface area contributed by atoms with Crippen LogP contribution in [0.1, 0.15) is 23.2 Å². The summed E-state index contributed by atoms with van der Waals surface area (Å²) >= 11 is 0. The number of hydrogen-bond acceptors (Lipinski definition) is 6. The van der Waals surface area contributed by atoms with Crippen molar-refractivity contribution in [1.82, 2.24) is 0 Å². The zero-order valence-corrected chi connectivity index (χ0v) is 11.4. The van der Waals surface area contributed by atoms with Crippen molar-refractivity contribution in [2.75, 3.05) is 24.3 Å². The first-order valence-corrected chi connectivity index (χ1v) is 6.52. The fraction of sp³-hybridized carbons (Fsp3) is 0.385. The third kappa shape index (κ3) is 3.68. The normalized spacial score (nSPS) is 16.3. The molecular weight excluding hydrogens is 276 g/mol. The highest BCUT2D eigenvalue weighted by molar-refractivity contribution is 5.96. The van der Waals surface area contributed by atoms with E-state index in [2.05, 4.69) is 10.1 Å². The van der Waals surface area contributed by atoms with Crippen LogP contribution in [0, 0.1) is 0 Å². The number of fused-ring (bicyclic) bond motifs is 1. The Labute approximate surface area is 121 Å². The van der Waals surface area contributed by atoms with Crippen molar-refractivity contribution in [2.24, 2.45) is 11.5 Å². The van der Waals surface area contributed by atoms with E-state index in [-0.39, 0.29) is 12.6 Å². The summed E-state index contributed by atoms with van der Waals surface area (Å²) in [6, 6.07) is 3.11. The van der Waals surface area contributed by atoms with Crippen molar-refractivity contribution in [3.05, 3.63) is 17.7 Å². The van der Waals surface area contributed by atoms with Crippen molar-refractivity contribution < 1.29 is 19.1 Å². The van der Waals surface area contributed by atoms with Crippen LogP contribution in [0.5, 0.6) is 5.75 Å². The molecule has 8 heteroatoms. The van der Waals surface area contributed by atoms with Crippen LogP contribution in [-0.2, 0) is 4.74 Å². The van der Waals surface area contributed by atoms with Crippen molar-refractivity contribution >= 4 is 23.4 Å². The van der Waals surface area contributed by atoms with Crippen LogP contribution in [0.15, 0.2) is 12.1 Å². The summed E-state index contributed by atoms with van der Waals surface area (Å²) in [5.41, 5.74) is 17.4. The molecule has 1 atom stereocenters. The molecule has 0 aliphatic carbocycles. The second-order valence-corrected chi connectivity index (χ2v) is 4.76. The summed E-state index contributed by atoms with van der Waals surface area (Å²) in [5, 5.41) is 3.25. The molecule has 0 fully saturated rings. The first-order chi connectivity index (χ1) is 9.97. The number of nitrogen functional groups attached to an aromatic ring is 1. The van der Waals surface area contributed by atoms with Gasteiger partial charge in [-0.1, -0.05) is 0 Å². The van der Waals surface area contributed by atoms with E-state index < -0.39 is 12.0 Å². The molecule has 0 bridgehead atoms. The molecule has 7 N–H and O–H groups in total. The number of ether oxygens (including phenoxy) is 2. The quantitative estimate of drug-likeness (QED) is 0.457. The van der Waals surface area contributed by atoms with Gasteiger partial charge in [0.2, 0.25) is 5.91 Å². The number of carbonyl (C=O) groups excluding carboxylic acids is 2. The second kappa shape index (κ2) is 6.21. The minimum absolute atomic E-state index is 0.0377. The van der Waals surface area contributed by atoms with Crippen LogP contribution in [-0.4, -0.2) is 31.3 Å². The molecule has 1 aliphatic rings. The van der Waals surface area contributed by atoms with Crippen molar-refractivity contribution in [2.45, 2.75) is 18.9 Å². The predicted molar refractivity (Wildman–Crippen MR) is 77.0 cm³/mol. The molecule has 1 heterocycles. The van der Waals surface area contributed by atoms with E-state index in [4.69, 9.17) is 21.9 Å². The lowest BCUT2D eigenvalue weighted by molar-refractivity contribution is 0.0999. The van der Waals surface area contributed by atoms with E-state index in [1.165, 1.54) is 6.07 Å². The Bertz CT molecular complexity index is 561. The first kappa shape index (κ1) is 14.8. The van der Waals surface area contributed by atoms with Gasteiger partial charge in [0.15, 0.2) is 0 Å². The van der Waals surface area contributed by atoms with Crippen LogP contribution >= 0.6 is 0 Å². The van der Waals surface area contributed by atoms with Crippen LogP contribution in [0.25, 0.3) is 0 Å². The smallest absolute Gasteiger partial charge is 0.404 e. The van der Waals surface area contributed by atoms with Gasteiger partial charge in [0.25, 0.3) is 0 Å². The van der Waals surface area contributed by atoms with Gasteiger partial charge in [-0.2, -0.15) is 0 Å². The highest BCUT2D eigenvalue weighted by atomic mass is 16.5. The van der Waals surface area contributed by atoms with Crippen LogP contribution in [0.2, 0.25) is 0 Å². The fourth-order valence-corrected chi connectivity index (χ4v) is 2.14. The molecular formula is C13H18N4O4. The molecule has 0 saturated carbocycles. The molecule has 2 amide bonds. The fourth-order valence-electron chi connectivity index (χ4n) is 2.14. The minimum atomic E-state index is -0.781. The molecule has 21 heavy (non-hydrogen) atoms. The lowest BCUT2D eigenvalue weighted by atomic mass is 10.1. The monoisotopic (exact) mass is 294 g/mol. The Hall–Kier alpha value is -2.64. The zero-order valence-electron chi connectivity index (χ0n) is 11.4. The number of nitrogens with one attached hydrogen (secondary N) is 1. The lowest BCUT2D eigenvalue weighted by Crippen LogP contribution is -2.32. The summed E-state index contributed by atoms with van der Waals surface area (Å²) in [4.78, 5) is 21.6. The Morgan fingerprint density at radius 3 is 2.81 bits per heavy atom. The highest BCUT2D eigenvalue weighted by Gasteiger charge is 2.22. The van der Waals surface area contributed by atoms with E-state index in [1.807, 2.05) is 0 Å². The number of carbonyl (C=O) groups is 2. The Morgan fingerprint density at radius 1 is 1.38 bits per heavy atom. The molecule has 0 unspecified atom stereocenters. The maximum absolute atomic E-state index is 11.2. The number of anilines is 2. The van der Waals surface area contributed by atoms with E-state index >= 15 is 0 Å². The SMILES string of the molecule is NC(=O)OCCC[C@H]1COc2cc(C(N)=O)cc(N)c2N1. The largest absolute Gasteiger partial charge is 0.489 e. The zero-order chi connectivity index (χ0) is 15.4. The average Bonchev–Trinajstić information content (AvgIpc) is 2.43. The van der Waals surface area contributed by atoms with Crippen molar-refractivity contribution in [3.8, 4) is 5.75 Å². The number of primary amides is 2. The van der Waals surface area contributed by atoms with Gasteiger partial charge in [-0.3, -0.25) is 4.79 Å². The van der Waals surface area contributed by atoms with E-state index in [0.29, 0.717) is 35.7 Å². The van der Waals surface area contributed by atoms with E-state index in [0.717, 1.165) is 6.42 Å². The molecule has 8 nitrogen and oxygen atoms in total. The molecule has 0 spiro atoms. The van der Waals surface area contributed by atoms with Gasteiger partial charge in [0.1, 0.15) is 18.0 Å². The van der Waals surface area contributed by atoms with Gasteiger partial charge < -0.3 is 32.0 Å². The number of amides is 2. The Balaban J connectivity index is 1.97. The molecule has 0 radical (unpaired) electrons. The standard InChI is InChI=1S/C13H18N4O4/c14-9-4-7(12(15)18)5-10-11(9)17-8(6-21-10)2-1-3-20-13(16)19/h4-5,8,17H,1-3,6,14H2,(H2,15,18)(H2,16,19)/t8-/m0/s1. The molecule has 1 aromatic rings. The summed E-state index contributed by atoms with van der Waals surface area (Å²) in [7, 11) is 0. The Kier molecular flexibility index (Phi) is 4.36. The third-order valence-corrected chi connectivity index (χ3v) is 3.15. The minimum Gasteiger partial charge on any atom is -0.489 e. The van der Waals surface area contributed by atoms with Gasteiger partial charge in [0.05, 0.1) is 18.3 Å². The summed E-state index contributed by atoms with van der Waals surface area (Å²) in [6.45, 7) is 0.682. The second-order valence-electron chi connectivity index (χ2n) is 4.76. The van der Waals surface area contributed by atoms with Gasteiger partial charge in [0, 0.05) is 5.56 Å². The highest BCUT2D eigenvalue weighted by Crippen LogP contribution is 2.36. The number of benzene rings is 1. The molecule has 1 aromatic carbocycles. The topological polar surface area (TPSA) is 143 Å². The molecule has 114 valence electrons. The molecule has 0 saturated heterocycles. The predicted octanol–water partition coefficient (Wildman–Crippen LogP) is 0.416. The van der Waals surface area contributed by atoms with Crippen LogP contribution < -0.4 is 27.3 Å². The van der Waals surface area contributed by atoms with Gasteiger partial charge >= 0.3 is 6.09 Å².